The van der Waals surface area contributed by atoms with E-state index in [1.54, 1.807) is 0 Å². The molecule has 3 nitrogen and oxygen atoms in total. The summed E-state index contributed by atoms with van der Waals surface area (Å²) in [6.07, 6.45) is -3.69. The number of hydrogen-bond donors (Lipinski definition) is 1. The Hall–Kier alpha value is -1.56. The number of nitrogens with two attached hydrogens (primary N) is 1. The minimum absolute atomic E-state index is 0.0180. The van der Waals surface area contributed by atoms with Gasteiger partial charge in [0.25, 0.3) is 0 Å². The van der Waals surface area contributed by atoms with Gasteiger partial charge in [-0.2, -0.15) is 13.2 Å². The molecule has 23 heavy (non-hydrogen) atoms. The van der Waals surface area contributed by atoms with Crippen molar-refractivity contribution in [3.8, 4) is 0 Å². The minimum Gasteiger partial charge on any atom is -0.329 e. The molecule has 1 heterocycles. The number of carbonyl (C=O) groups excluding carboxylic acids is 1. The van der Waals surface area contributed by atoms with Gasteiger partial charge in [0.15, 0.2) is 0 Å². The van der Waals surface area contributed by atoms with Crippen LogP contribution in [0.5, 0.6) is 0 Å². The maximum absolute atomic E-state index is 13.1. The van der Waals surface area contributed by atoms with Crippen LogP contribution < -0.4 is 5.73 Å². The number of halogens is 3. The van der Waals surface area contributed by atoms with Gasteiger partial charge in [0.05, 0.1) is 0 Å². The number of piperidine rings is 1. The number of aryl methyl sites for hydroxylation is 3. The lowest BCUT2D eigenvalue weighted by Crippen LogP contribution is -2.56. The van der Waals surface area contributed by atoms with E-state index in [1.165, 1.54) is 0 Å². The average molecular weight is 328 g/mol. The molecular weight excluding hydrogens is 305 g/mol. The third-order valence-electron chi connectivity index (χ3n) is 4.42. The topological polar surface area (TPSA) is 46.3 Å². The van der Waals surface area contributed by atoms with Crippen molar-refractivity contribution in [2.24, 2.45) is 5.73 Å². The Labute approximate surface area is 134 Å². The van der Waals surface area contributed by atoms with Crippen molar-refractivity contribution >= 4 is 5.91 Å². The van der Waals surface area contributed by atoms with Crippen LogP contribution in [0.4, 0.5) is 13.2 Å². The smallest absolute Gasteiger partial charge is 0.329 e. The van der Waals surface area contributed by atoms with Crippen LogP contribution in [0.1, 0.15) is 36.0 Å². The molecule has 0 radical (unpaired) electrons. The fourth-order valence-electron chi connectivity index (χ4n) is 3.13. The molecular formula is C17H23F3N2O. The van der Waals surface area contributed by atoms with Crippen LogP contribution in [0.15, 0.2) is 18.2 Å². The molecule has 0 spiro atoms. The van der Waals surface area contributed by atoms with Crippen LogP contribution in [0.25, 0.3) is 0 Å². The highest BCUT2D eigenvalue weighted by Crippen LogP contribution is 2.32. The summed E-state index contributed by atoms with van der Waals surface area (Å²) >= 11 is 0. The van der Waals surface area contributed by atoms with Crippen LogP contribution in [-0.4, -0.2) is 35.6 Å². The van der Waals surface area contributed by atoms with E-state index in [-0.39, 0.29) is 25.4 Å². The largest absolute Gasteiger partial charge is 0.408 e. The number of hydrogen-bond acceptors (Lipinski definition) is 2. The zero-order valence-corrected chi connectivity index (χ0v) is 13.5. The summed E-state index contributed by atoms with van der Waals surface area (Å²) in [4.78, 5) is 13.3. The molecule has 1 aliphatic heterocycles. The third-order valence-corrected chi connectivity index (χ3v) is 4.42. The fraction of sp³-hybridized carbons (Fsp3) is 0.588. The molecule has 0 aliphatic carbocycles. The maximum atomic E-state index is 13.1. The SMILES string of the molecule is Cc1ccc(CCC(=O)N2C[C@H](N)CC[C@@H]2C(F)(F)F)c(C)c1. The Morgan fingerprint density at radius 3 is 2.61 bits per heavy atom. The Bertz CT molecular complexity index is 571. The number of amides is 1. The van der Waals surface area contributed by atoms with Crippen LogP contribution in [0.3, 0.4) is 0 Å². The number of nitrogens with zero attached hydrogens (tertiary/aromatic N) is 1. The van der Waals surface area contributed by atoms with Crippen molar-refractivity contribution < 1.29 is 18.0 Å². The summed E-state index contributed by atoms with van der Waals surface area (Å²) in [5.74, 6) is -0.470. The van der Waals surface area contributed by atoms with Crippen molar-refractivity contribution in [2.45, 2.75) is 57.8 Å². The molecule has 128 valence electrons. The van der Waals surface area contributed by atoms with E-state index in [0.717, 1.165) is 21.6 Å². The molecule has 6 heteroatoms. The summed E-state index contributed by atoms with van der Waals surface area (Å²) in [7, 11) is 0. The fourth-order valence-corrected chi connectivity index (χ4v) is 3.13. The van der Waals surface area contributed by atoms with Crippen molar-refractivity contribution in [3.63, 3.8) is 0 Å². The predicted molar refractivity (Wildman–Crippen MR) is 83.0 cm³/mol. The lowest BCUT2D eigenvalue weighted by molar-refractivity contribution is -0.196. The van der Waals surface area contributed by atoms with E-state index < -0.39 is 18.1 Å². The summed E-state index contributed by atoms with van der Waals surface area (Å²) in [6.45, 7) is 3.91. The van der Waals surface area contributed by atoms with E-state index >= 15 is 0 Å². The number of carbonyl (C=O) groups is 1. The lowest BCUT2D eigenvalue weighted by Gasteiger charge is -2.39. The van der Waals surface area contributed by atoms with E-state index in [0.29, 0.717) is 12.8 Å². The molecule has 1 aromatic rings. The van der Waals surface area contributed by atoms with Gasteiger partial charge in [-0.3, -0.25) is 4.79 Å². The number of likely N-dealkylation sites (tertiary alicyclic amines) is 1. The second kappa shape index (κ2) is 6.91. The molecule has 1 aliphatic rings. The van der Waals surface area contributed by atoms with E-state index in [4.69, 9.17) is 5.73 Å². The predicted octanol–water partition coefficient (Wildman–Crippen LogP) is 3.12. The molecule has 1 aromatic carbocycles. The van der Waals surface area contributed by atoms with E-state index in [9.17, 15) is 18.0 Å². The Kier molecular flexibility index (Phi) is 5.34. The minimum atomic E-state index is -4.39. The quantitative estimate of drug-likeness (QED) is 0.927. The Morgan fingerprint density at radius 2 is 2.00 bits per heavy atom. The molecule has 0 unspecified atom stereocenters. The first-order chi connectivity index (χ1) is 10.7. The highest BCUT2D eigenvalue weighted by atomic mass is 19.4. The molecule has 0 bridgehead atoms. The summed E-state index contributed by atoms with van der Waals surface area (Å²) in [5.41, 5.74) is 8.93. The van der Waals surface area contributed by atoms with Gasteiger partial charge in [0, 0.05) is 19.0 Å². The molecule has 2 rings (SSSR count). The molecule has 1 fully saturated rings. The van der Waals surface area contributed by atoms with E-state index in [2.05, 4.69) is 0 Å². The first kappa shape index (κ1) is 17.8. The molecule has 1 saturated heterocycles. The van der Waals surface area contributed by atoms with Gasteiger partial charge < -0.3 is 10.6 Å². The van der Waals surface area contributed by atoms with Gasteiger partial charge in [-0.05, 0) is 44.2 Å². The second-order valence-electron chi connectivity index (χ2n) is 6.37. The van der Waals surface area contributed by atoms with Crippen molar-refractivity contribution in [3.05, 3.63) is 34.9 Å². The molecule has 0 aromatic heterocycles. The molecule has 2 N–H and O–H groups in total. The highest BCUT2D eigenvalue weighted by molar-refractivity contribution is 5.77. The standard InChI is InChI=1S/C17H23F3N2O/c1-11-3-4-13(12(2)9-11)5-8-16(23)22-10-14(21)6-7-15(22)17(18,19)20/h3-4,9,14-15H,5-8,10,21H2,1-2H3/t14-,15-/m1/s1. The maximum Gasteiger partial charge on any atom is 0.408 e. The summed E-state index contributed by atoms with van der Waals surface area (Å²) < 4.78 is 39.3. The third kappa shape index (κ3) is 4.47. The zero-order chi connectivity index (χ0) is 17.2. The highest BCUT2D eigenvalue weighted by Gasteiger charge is 2.47. The first-order valence-corrected chi connectivity index (χ1v) is 7.86. The summed E-state index contributed by atoms with van der Waals surface area (Å²) in [6, 6.07) is 3.81. The van der Waals surface area contributed by atoms with Gasteiger partial charge in [-0.1, -0.05) is 23.8 Å². The zero-order valence-electron chi connectivity index (χ0n) is 13.5. The van der Waals surface area contributed by atoms with E-state index in [1.807, 2.05) is 32.0 Å². The van der Waals surface area contributed by atoms with Gasteiger partial charge >= 0.3 is 6.18 Å². The number of benzene rings is 1. The van der Waals surface area contributed by atoms with Crippen LogP contribution in [-0.2, 0) is 11.2 Å². The van der Waals surface area contributed by atoms with Crippen LogP contribution in [0, 0.1) is 13.8 Å². The molecule has 1 amide bonds. The van der Waals surface area contributed by atoms with Crippen LogP contribution >= 0.6 is 0 Å². The monoisotopic (exact) mass is 328 g/mol. The molecule has 2 atom stereocenters. The van der Waals surface area contributed by atoms with Gasteiger partial charge in [0.1, 0.15) is 6.04 Å². The Morgan fingerprint density at radius 1 is 1.30 bits per heavy atom. The van der Waals surface area contributed by atoms with Crippen molar-refractivity contribution in [2.75, 3.05) is 6.54 Å². The average Bonchev–Trinajstić information content (AvgIpc) is 2.44. The van der Waals surface area contributed by atoms with Crippen LogP contribution in [0.2, 0.25) is 0 Å². The number of rotatable bonds is 3. The summed E-state index contributed by atoms with van der Waals surface area (Å²) in [5, 5.41) is 0. The van der Waals surface area contributed by atoms with Gasteiger partial charge in [-0.15, -0.1) is 0 Å². The van der Waals surface area contributed by atoms with Crippen molar-refractivity contribution in [1.29, 1.82) is 0 Å². The lowest BCUT2D eigenvalue weighted by atomic mass is 9.96. The molecule has 0 saturated carbocycles. The van der Waals surface area contributed by atoms with Gasteiger partial charge in [-0.25, -0.2) is 0 Å². The van der Waals surface area contributed by atoms with Crippen molar-refractivity contribution in [1.82, 2.24) is 4.90 Å². The first-order valence-electron chi connectivity index (χ1n) is 7.86. The normalized spacial score (nSPS) is 22.3. The Balaban J connectivity index is 2.05. The number of alkyl halides is 3. The second-order valence-corrected chi connectivity index (χ2v) is 6.37. The van der Waals surface area contributed by atoms with Gasteiger partial charge in [0.2, 0.25) is 5.91 Å².